The Morgan fingerprint density at radius 1 is 1.28 bits per heavy atom. The number of rotatable bonds is 3. The van der Waals surface area contributed by atoms with Crippen LogP contribution in [0.4, 0.5) is 11.6 Å². The monoisotopic (exact) mass is 337 g/mol. The molecule has 1 aromatic carbocycles. The van der Waals surface area contributed by atoms with Crippen molar-refractivity contribution in [2.75, 3.05) is 6.61 Å². The highest BCUT2D eigenvalue weighted by Crippen LogP contribution is 2.21. The molecule has 0 saturated heterocycles. The van der Waals surface area contributed by atoms with Crippen molar-refractivity contribution in [3.63, 3.8) is 0 Å². The topological polar surface area (TPSA) is 127 Å². The first-order chi connectivity index (χ1) is 12.2. The highest BCUT2D eigenvalue weighted by Gasteiger charge is 2.21. The van der Waals surface area contributed by atoms with Crippen LogP contribution in [-0.4, -0.2) is 38.3 Å². The lowest BCUT2D eigenvalue weighted by Crippen LogP contribution is -2.24. The van der Waals surface area contributed by atoms with E-state index >= 15 is 0 Å². The zero-order chi connectivity index (χ0) is 17.4. The molecule has 1 aliphatic rings. The summed E-state index contributed by atoms with van der Waals surface area (Å²) in [7, 11) is 0. The average Bonchev–Trinajstić information content (AvgIpc) is 3.24. The fourth-order valence-electron chi connectivity index (χ4n) is 2.34. The quantitative estimate of drug-likeness (QED) is 0.730. The van der Waals surface area contributed by atoms with Crippen molar-refractivity contribution in [3.05, 3.63) is 46.4 Å². The Hall–Kier alpha value is -3.69. The van der Waals surface area contributed by atoms with Crippen LogP contribution in [0.5, 0.6) is 0 Å². The summed E-state index contributed by atoms with van der Waals surface area (Å²) in [5, 5.41) is 14.5. The number of hydrogen-bond donors (Lipinski definition) is 1. The molecule has 124 valence electrons. The van der Waals surface area contributed by atoms with Crippen molar-refractivity contribution in [3.8, 4) is 0 Å². The predicted octanol–water partition coefficient (Wildman–Crippen LogP) is 1.93. The van der Waals surface area contributed by atoms with Crippen molar-refractivity contribution in [1.82, 2.24) is 19.7 Å². The predicted molar refractivity (Wildman–Crippen MR) is 87.6 cm³/mol. The molecule has 0 bridgehead atoms. The highest BCUT2D eigenvalue weighted by atomic mass is 16.5. The van der Waals surface area contributed by atoms with Gasteiger partial charge in [0.05, 0.1) is 24.1 Å². The standard InChI is InChI=1S/C15H11N7O3/c1-2-25-13(24)8-3-5-9(6-4-8)17-14-20-21-15-18-11-10(7-16-19-11)12(23)22(14)15/h3-7H,2H2,1H3,(H,16,19). The zero-order valence-corrected chi connectivity index (χ0v) is 13.0. The number of nitrogens with zero attached hydrogens (tertiary/aromatic N) is 6. The molecule has 1 aliphatic heterocycles. The van der Waals surface area contributed by atoms with Gasteiger partial charge in [0.2, 0.25) is 0 Å². The molecule has 4 rings (SSSR count). The van der Waals surface area contributed by atoms with Gasteiger partial charge in [-0.3, -0.25) is 9.89 Å². The molecule has 0 amide bonds. The minimum absolute atomic E-state index is 0.0967. The first-order valence-electron chi connectivity index (χ1n) is 7.41. The van der Waals surface area contributed by atoms with Gasteiger partial charge in [-0.25, -0.2) is 14.4 Å². The molecule has 1 N–H and O–H groups in total. The maximum Gasteiger partial charge on any atom is 0.338 e. The fourth-order valence-corrected chi connectivity index (χ4v) is 2.34. The highest BCUT2D eigenvalue weighted by molar-refractivity contribution is 5.92. The molecule has 0 saturated carbocycles. The fraction of sp³-hybridized carbons (Fsp3) is 0.133. The second kappa shape index (κ2) is 5.74. The van der Waals surface area contributed by atoms with Gasteiger partial charge in [0.25, 0.3) is 17.5 Å². The van der Waals surface area contributed by atoms with Crippen LogP contribution in [0.1, 0.15) is 17.3 Å². The van der Waals surface area contributed by atoms with Gasteiger partial charge in [0, 0.05) is 0 Å². The SMILES string of the molecule is CCOC(=O)c1ccc(N=C2N=Nc3nc4[nH]ncc4c(=O)n32)cc1. The lowest BCUT2D eigenvalue weighted by molar-refractivity contribution is 0.0526. The number of aromatic nitrogens is 4. The largest absolute Gasteiger partial charge is 0.462 e. The molecule has 3 aromatic rings. The first kappa shape index (κ1) is 14.9. The third kappa shape index (κ3) is 2.49. The Morgan fingerprint density at radius 2 is 2.08 bits per heavy atom. The van der Waals surface area contributed by atoms with Crippen LogP contribution in [0.2, 0.25) is 0 Å². The summed E-state index contributed by atoms with van der Waals surface area (Å²) in [4.78, 5) is 32.6. The van der Waals surface area contributed by atoms with Gasteiger partial charge in [-0.05, 0) is 31.2 Å². The van der Waals surface area contributed by atoms with Gasteiger partial charge < -0.3 is 4.74 Å². The van der Waals surface area contributed by atoms with Gasteiger partial charge in [0.15, 0.2) is 5.65 Å². The summed E-state index contributed by atoms with van der Waals surface area (Å²) in [5.41, 5.74) is 0.906. The molecule has 2 aromatic heterocycles. The van der Waals surface area contributed by atoms with Crippen molar-refractivity contribution in [2.24, 2.45) is 15.2 Å². The number of carbonyl (C=O) groups is 1. The van der Waals surface area contributed by atoms with Crippen molar-refractivity contribution in [1.29, 1.82) is 0 Å². The van der Waals surface area contributed by atoms with Gasteiger partial charge in [-0.1, -0.05) is 0 Å². The number of aromatic amines is 1. The minimum atomic E-state index is -0.407. The molecule has 0 aliphatic carbocycles. The normalized spacial score (nSPS) is 14.2. The first-order valence-corrected chi connectivity index (χ1v) is 7.41. The third-order valence-corrected chi connectivity index (χ3v) is 3.50. The number of nitrogens with one attached hydrogen (secondary N) is 1. The smallest absolute Gasteiger partial charge is 0.338 e. The van der Waals surface area contributed by atoms with E-state index in [4.69, 9.17) is 4.74 Å². The van der Waals surface area contributed by atoms with Gasteiger partial charge in [-0.15, -0.1) is 10.2 Å². The van der Waals surface area contributed by atoms with Crippen LogP contribution in [0, 0.1) is 0 Å². The number of azo groups is 1. The van der Waals surface area contributed by atoms with E-state index in [1.807, 2.05) is 0 Å². The van der Waals surface area contributed by atoms with Crippen LogP contribution in [0.15, 0.2) is 50.5 Å². The number of benzene rings is 1. The summed E-state index contributed by atoms with van der Waals surface area (Å²) < 4.78 is 6.13. The lowest BCUT2D eigenvalue weighted by atomic mass is 10.2. The van der Waals surface area contributed by atoms with E-state index < -0.39 is 5.97 Å². The Bertz CT molecular complexity index is 1090. The van der Waals surface area contributed by atoms with Gasteiger partial charge in [-0.2, -0.15) is 10.1 Å². The average molecular weight is 337 g/mol. The Labute approximate surface area is 139 Å². The van der Waals surface area contributed by atoms with Crippen LogP contribution in [-0.2, 0) is 4.74 Å². The lowest BCUT2D eigenvalue weighted by Gasteiger charge is -2.03. The maximum atomic E-state index is 12.5. The molecule has 3 heterocycles. The van der Waals surface area contributed by atoms with E-state index in [2.05, 4.69) is 30.4 Å². The summed E-state index contributed by atoms with van der Waals surface area (Å²) in [6.07, 6.45) is 1.39. The Morgan fingerprint density at radius 3 is 2.84 bits per heavy atom. The van der Waals surface area contributed by atoms with E-state index in [0.29, 0.717) is 28.9 Å². The van der Waals surface area contributed by atoms with Crippen LogP contribution < -0.4 is 5.56 Å². The van der Waals surface area contributed by atoms with E-state index in [-0.39, 0.29) is 17.5 Å². The second-order valence-corrected chi connectivity index (χ2v) is 5.06. The van der Waals surface area contributed by atoms with Gasteiger partial charge >= 0.3 is 5.97 Å². The molecule has 0 fully saturated rings. The summed E-state index contributed by atoms with van der Waals surface area (Å²) >= 11 is 0. The third-order valence-electron chi connectivity index (χ3n) is 3.50. The molecule has 10 nitrogen and oxygen atoms in total. The minimum Gasteiger partial charge on any atom is -0.462 e. The van der Waals surface area contributed by atoms with Crippen LogP contribution >= 0.6 is 0 Å². The van der Waals surface area contributed by atoms with E-state index in [1.165, 1.54) is 10.8 Å². The maximum absolute atomic E-state index is 12.5. The molecule has 10 heteroatoms. The zero-order valence-electron chi connectivity index (χ0n) is 13.0. The van der Waals surface area contributed by atoms with Crippen LogP contribution in [0.25, 0.3) is 11.0 Å². The number of fused-ring (bicyclic) bond motifs is 2. The number of carbonyl (C=O) groups excluding carboxylic acids is 1. The molecular weight excluding hydrogens is 326 g/mol. The molecular formula is C15H11N7O3. The molecule has 0 radical (unpaired) electrons. The van der Waals surface area contributed by atoms with E-state index in [9.17, 15) is 9.59 Å². The van der Waals surface area contributed by atoms with Gasteiger partial charge in [0.1, 0.15) is 5.39 Å². The number of H-pyrrole nitrogens is 1. The summed E-state index contributed by atoms with van der Waals surface area (Å²) in [5.74, 6) is -0.182. The van der Waals surface area contributed by atoms with E-state index in [0.717, 1.165) is 0 Å². The Balaban J connectivity index is 1.72. The van der Waals surface area contributed by atoms with E-state index in [1.54, 1.807) is 31.2 Å². The molecule has 0 spiro atoms. The number of aliphatic imine (C=N–C) groups is 1. The second-order valence-electron chi connectivity index (χ2n) is 5.06. The molecule has 0 atom stereocenters. The Kier molecular flexibility index (Phi) is 3.42. The van der Waals surface area contributed by atoms with Crippen molar-refractivity contribution < 1.29 is 9.53 Å². The summed E-state index contributed by atoms with van der Waals surface area (Å²) in [6, 6.07) is 6.43. The summed E-state index contributed by atoms with van der Waals surface area (Å²) in [6.45, 7) is 2.04. The molecule has 25 heavy (non-hydrogen) atoms. The number of hydrogen-bond acceptors (Lipinski definition) is 7. The molecule has 0 unspecified atom stereocenters. The van der Waals surface area contributed by atoms with Crippen LogP contribution in [0.3, 0.4) is 0 Å². The number of ether oxygens (including phenoxy) is 1. The van der Waals surface area contributed by atoms with Crippen molar-refractivity contribution >= 4 is 34.6 Å². The van der Waals surface area contributed by atoms with Crippen molar-refractivity contribution in [2.45, 2.75) is 6.92 Å². The number of esters is 1.